The van der Waals surface area contributed by atoms with Crippen molar-refractivity contribution in [2.75, 3.05) is 11.9 Å². The van der Waals surface area contributed by atoms with Gasteiger partial charge in [-0.3, -0.25) is 4.79 Å². The number of hydrogen-bond acceptors (Lipinski definition) is 2. The van der Waals surface area contributed by atoms with Crippen molar-refractivity contribution >= 4 is 11.6 Å². The first kappa shape index (κ1) is 12.6. The van der Waals surface area contributed by atoms with E-state index >= 15 is 0 Å². The van der Waals surface area contributed by atoms with Gasteiger partial charge in [0, 0.05) is 6.42 Å². The van der Waals surface area contributed by atoms with Crippen molar-refractivity contribution in [2.24, 2.45) is 5.92 Å². The van der Waals surface area contributed by atoms with Crippen LogP contribution in [0.15, 0.2) is 18.2 Å². The Morgan fingerprint density at radius 1 is 1.50 bits per heavy atom. The number of nitrogens with one attached hydrogen (secondary N) is 1. The lowest BCUT2D eigenvalue weighted by Gasteiger charge is -2.07. The third-order valence-electron chi connectivity index (χ3n) is 2.73. The van der Waals surface area contributed by atoms with Gasteiger partial charge >= 0.3 is 0 Å². The van der Waals surface area contributed by atoms with Crippen molar-refractivity contribution in [3.05, 3.63) is 29.6 Å². The number of carbonyl (C=O) groups is 1. The topological polar surface area (TPSA) is 49.3 Å². The fourth-order valence-electron chi connectivity index (χ4n) is 1.65. The molecule has 0 saturated heterocycles. The second-order valence-electron chi connectivity index (χ2n) is 4.35. The van der Waals surface area contributed by atoms with Crippen LogP contribution in [-0.2, 0) is 4.79 Å². The van der Waals surface area contributed by atoms with E-state index < -0.39 is 5.82 Å². The minimum atomic E-state index is -0.419. The average molecular weight is 247 g/mol. The van der Waals surface area contributed by atoms with E-state index in [1.165, 1.54) is 18.2 Å². The first-order valence-electron chi connectivity index (χ1n) is 5.88. The van der Waals surface area contributed by atoms with Crippen molar-refractivity contribution < 1.29 is 14.3 Å². The summed E-state index contributed by atoms with van der Waals surface area (Å²) in [6.45, 7) is -0.300. The Kier molecular flexibility index (Phi) is 3.96. The first-order valence-corrected chi connectivity index (χ1v) is 5.88. The van der Waals surface area contributed by atoms with Crippen LogP contribution in [0.4, 0.5) is 10.1 Å². The monoisotopic (exact) mass is 247 g/mol. The van der Waals surface area contributed by atoms with Gasteiger partial charge in [0.2, 0.25) is 5.91 Å². The maximum absolute atomic E-state index is 13.1. The van der Waals surface area contributed by atoms with Crippen molar-refractivity contribution in [3.8, 4) is 11.8 Å². The predicted octanol–water partition coefficient (Wildman–Crippen LogP) is 1.91. The zero-order chi connectivity index (χ0) is 13.0. The molecule has 0 aliphatic heterocycles. The van der Waals surface area contributed by atoms with Crippen LogP contribution >= 0.6 is 0 Å². The molecule has 2 N–H and O–H groups in total. The molecule has 1 amide bonds. The highest BCUT2D eigenvalue weighted by molar-refractivity contribution is 5.92. The zero-order valence-electron chi connectivity index (χ0n) is 9.87. The van der Waals surface area contributed by atoms with Crippen LogP contribution in [0, 0.1) is 23.6 Å². The van der Waals surface area contributed by atoms with Crippen LogP contribution < -0.4 is 5.32 Å². The van der Waals surface area contributed by atoms with Crippen LogP contribution in [-0.4, -0.2) is 17.6 Å². The van der Waals surface area contributed by atoms with E-state index in [0.29, 0.717) is 23.6 Å². The van der Waals surface area contributed by atoms with Crippen molar-refractivity contribution in [1.29, 1.82) is 0 Å². The summed E-state index contributed by atoms with van der Waals surface area (Å²) in [6.07, 6.45) is 2.71. The fourth-order valence-corrected chi connectivity index (χ4v) is 1.65. The third kappa shape index (κ3) is 3.57. The quantitative estimate of drug-likeness (QED) is 0.801. The van der Waals surface area contributed by atoms with Gasteiger partial charge in [-0.2, -0.15) is 0 Å². The summed E-state index contributed by atoms with van der Waals surface area (Å²) in [7, 11) is 0. The van der Waals surface area contributed by atoms with Crippen molar-refractivity contribution in [2.45, 2.75) is 19.3 Å². The van der Waals surface area contributed by atoms with Gasteiger partial charge in [-0.1, -0.05) is 11.8 Å². The molecular weight excluding hydrogens is 233 g/mol. The number of benzene rings is 1. The number of hydrogen-bond donors (Lipinski definition) is 2. The molecule has 1 aliphatic rings. The molecule has 0 heterocycles. The van der Waals surface area contributed by atoms with Crippen LogP contribution in [0.5, 0.6) is 0 Å². The standard InChI is InChI=1S/C14H14FNO2/c15-12-5-6-13(11(9-12)2-1-7-17)16-14(18)8-10-3-4-10/h5-6,9-10,17H,3-4,7-8H2,(H,16,18). The van der Waals surface area contributed by atoms with Crippen LogP contribution in [0.2, 0.25) is 0 Å². The second kappa shape index (κ2) is 5.65. The van der Waals surface area contributed by atoms with Crippen LogP contribution in [0.3, 0.4) is 0 Å². The minimum absolute atomic E-state index is 0.0730. The van der Waals surface area contributed by atoms with E-state index in [2.05, 4.69) is 17.2 Å². The highest BCUT2D eigenvalue weighted by Gasteiger charge is 2.24. The van der Waals surface area contributed by atoms with Crippen LogP contribution in [0.1, 0.15) is 24.8 Å². The molecule has 1 fully saturated rings. The van der Waals surface area contributed by atoms with Gasteiger partial charge < -0.3 is 10.4 Å². The average Bonchev–Trinajstić information content (AvgIpc) is 3.13. The Labute approximate surface area is 105 Å². The number of aliphatic hydroxyl groups is 1. The Morgan fingerprint density at radius 3 is 2.94 bits per heavy atom. The lowest BCUT2D eigenvalue weighted by atomic mass is 10.1. The second-order valence-corrected chi connectivity index (χ2v) is 4.35. The van der Waals surface area contributed by atoms with E-state index in [0.717, 1.165) is 12.8 Å². The first-order chi connectivity index (χ1) is 8.69. The zero-order valence-corrected chi connectivity index (χ0v) is 9.87. The number of carbonyl (C=O) groups excluding carboxylic acids is 1. The summed E-state index contributed by atoms with van der Waals surface area (Å²) >= 11 is 0. The van der Waals surface area contributed by atoms with Gasteiger partial charge in [-0.25, -0.2) is 4.39 Å². The summed E-state index contributed by atoms with van der Waals surface area (Å²) in [5.41, 5.74) is 0.871. The molecule has 0 radical (unpaired) electrons. The Morgan fingerprint density at radius 2 is 2.28 bits per heavy atom. The lowest BCUT2D eigenvalue weighted by Crippen LogP contribution is -2.13. The number of anilines is 1. The third-order valence-corrected chi connectivity index (χ3v) is 2.73. The molecule has 0 spiro atoms. The van der Waals surface area contributed by atoms with Crippen LogP contribution in [0.25, 0.3) is 0 Å². The normalized spacial score (nSPS) is 13.7. The number of halogens is 1. The SMILES string of the molecule is O=C(CC1CC1)Nc1ccc(F)cc1C#CCO. The summed E-state index contributed by atoms with van der Waals surface area (Å²) in [5.74, 6) is 5.08. The number of aliphatic hydroxyl groups excluding tert-OH is 1. The number of rotatable bonds is 3. The maximum atomic E-state index is 13.1. The maximum Gasteiger partial charge on any atom is 0.224 e. The molecule has 1 aromatic rings. The summed E-state index contributed by atoms with van der Waals surface area (Å²) in [4.78, 5) is 11.7. The Balaban J connectivity index is 2.12. The molecule has 1 saturated carbocycles. The van der Waals surface area contributed by atoms with Gasteiger partial charge in [0.1, 0.15) is 12.4 Å². The van der Waals surface area contributed by atoms with Gasteiger partial charge in [0.15, 0.2) is 0 Å². The molecule has 1 aromatic carbocycles. The molecule has 0 aromatic heterocycles. The van der Waals surface area contributed by atoms with Gasteiger partial charge in [-0.15, -0.1) is 0 Å². The predicted molar refractivity (Wildman–Crippen MR) is 66.3 cm³/mol. The summed E-state index contributed by atoms with van der Waals surface area (Å²) in [5, 5.41) is 11.4. The Hall–Kier alpha value is -1.86. The fraction of sp³-hybridized carbons (Fsp3) is 0.357. The van der Waals surface area contributed by atoms with Gasteiger partial charge in [-0.05, 0) is 37.0 Å². The Bertz CT molecular complexity index is 512. The molecular formula is C14H14FNO2. The van der Waals surface area contributed by atoms with Gasteiger partial charge in [0.05, 0.1) is 11.3 Å². The lowest BCUT2D eigenvalue weighted by molar-refractivity contribution is -0.116. The molecule has 2 rings (SSSR count). The molecule has 1 aliphatic carbocycles. The number of amides is 1. The molecule has 4 heteroatoms. The highest BCUT2D eigenvalue weighted by atomic mass is 19.1. The van der Waals surface area contributed by atoms with Crippen molar-refractivity contribution in [3.63, 3.8) is 0 Å². The molecule has 3 nitrogen and oxygen atoms in total. The van der Waals surface area contributed by atoms with E-state index in [-0.39, 0.29) is 12.5 Å². The molecule has 94 valence electrons. The minimum Gasteiger partial charge on any atom is -0.384 e. The smallest absolute Gasteiger partial charge is 0.224 e. The molecule has 0 bridgehead atoms. The van der Waals surface area contributed by atoms with E-state index in [1.54, 1.807) is 0 Å². The largest absolute Gasteiger partial charge is 0.384 e. The highest BCUT2D eigenvalue weighted by Crippen LogP contribution is 2.32. The van der Waals surface area contributed by atoms with Crippen molar-refractivity contribution in [1.82, 2.24) is 0 Å². The summed E-state index contributed by atoms with van der Waals surface area (Å²) in [6, 6.07) is 4.01. The van der Waals surface area contributed by atoms with E-state index in [1.807, 2.05) is 0 Å². The van der Waals surface area contributed by atoms with Gasteiger partial charge in [0.25, 0.3) is 0 Å². The molecule has 0 atom stereocenters. The molecule has 0 unspecified atom stereocenters. The van der Waals surface area contributed by atoms with E-state index in [9.17, 15) is 9.18 Å². The molecule has 18 heavy (non-hydrogen) atoms. The van der Waals surface area contributed by atoms with E-state index in [4.69, 9.17) is 5.11 Å². The summed E-state index contributed by atoms with van der Waals surface area (Å²) < 4.78 is 13.1.